The molecule has 42 heavy (non-hydrogen) atoms. The molecule has 2 heterocycles. The number of hydrogen-bond donors (Lipinski definition) is 1. The second-order valence-electron chi connectivity index (χ2n) is 10.1. The average Bonchev–Trinajstić information content (AvgIpc) is 3.63. The fourth-order valence-electron chi connectivity index (χ4n) is 6.33. The van der Waals surface area contributed by atoms with Crippen LogP contribution >= 0.6 is 0 Å². The molecule has 0 atom stereocenters. The Bertz CT molecular complexity index is 1810. The first-order valence-corrected chi connectivity index (χ1v) is 13.1. The molecule has 2 aliphatic heterocycles. The van der Waals surface area contributed by atoms with Gasteiger partial charge in [0.25, 0.3) is 23.6 Å². The highest BCUT2D eigenvalue weighted by Crippen LogP contribution is 2.57. The maximum atomic E-state index is 12.4. The van der Waals surface area contributed by atoms with Gasteiger partial charge >= 0.3 is 5.97 Å². The van der Waals surface area contributed by atoms with Crippen LogP contribution in [0.15, 0.2) is 115 Å². The Labute approximate surface area is 239 Å². The summed E-state index contributed by atoms with van der Waals surface area (Å²) in [6.07, 6.45) is 4.90. The summed E-state index contributed by atoms with van der Waals surface area (Å²) < 4.78 is 0. The molecule has 8 nitrogen and oxygen atoms in total. The number of rotatable bonds is 5. The zero-order valence-corrected chi connectivity index (χ0v) is 21.9. The summed E-state index contributed by atoms with van der Waals surface area (Å²) in [5.41, 5.74) is 4.48. The van der Waals surface area contributed by atoms with Crippen LogP contribution in [0.4, 0.5) is 11.4 Å². The van der Waals surface area contributed by atoms with Gasteiger partial charge in [-0.05, 0) is 58.1 Å². The first-order valence-electron chi connectivity index (χ1n) is 13.1. The molecule has 4 aromatic carbocycles. The molecule has 0 saturated carbocycles. The van der Waals surface area contributed by atoms with Gasteiger partial charge in [0, 0.05) is 29.9 Å². The molecular formula is C34H20N2O6. The van der Waals surface area contributed by atoms with Gasteiger partial charge in [0.1, 0.15) is 0 Å². The molecule has 0 fully saturated rings. The first-order chi connectivity index (χ1) is 20.3. The number of benzene rings is 4. The Hall–Kier alpha value is -5.89. The van der Waals surface area contributed by atoms with E-state index in [-0.39, 0.29) is 5.56 Å². The molecule has 0 bridgehead atoms. The van der Waals surface area contributed by atoms with Crippen molar-refractivity contribution >= 4 is 41.0 Å². The van der Waals surface area contributed by atoms with Gasteiger partial charge in [-0.15, -0.1) is 0 Å². The van der Waals surface area contributed by atoms with E-state index >= 15 is 0 Å². The largest absolute Gasteiger partial charge is 0.478 e. The monoisotopic (exact) mass is 552 g/mol. The average molecular weight is 553 g/mol. The van der Waals surface area contributed by atoms with E-state index in [0.29, 0.717) is 16.9 Å². The highest BCUT2D eigenvalue weighted by molar-refractivity contribution is 6.28. The van der Waals surface area contributed by atoms with Crippen molar-refractivity contribution in [2.75, 3.05) is 9.80 Å². The molecule has 0 aromatic heterocycles. The van der Waals surface area contributed by atoms with Crippen LogP contribution in [0, 0.1) is 0 Å². The van der Waals surface area contributed by atoms with Crippen molar-refractivity contribution in [3.05, 3.63) is 143 Å². The second kappa shape index (κ2) is 9.07. The zero-order chi connectivity index (χ0) is 29.2. The Kier molecular flexibility index (Phi) is 5.42. The molecule has 8 heteroatoms. The van der Waals surface area contributed by atoms with Crippen molar-refractivity contribution in [1.82, 2.24) is 0 Å². The molecular weight excluding hydrogens is 532 g/mol. The number of imide groups is 2. The van der Waals surface area contributed by atoms with E-state index in [2.05, 4.69) is 0 Å². The van der Waals surface area contributed by atoms with Crippen molar-refractivity contribution in [3.8, 4) is 11.1 Å². The standard InChI is InChI=1S/C34H20N2O6/c37-28-16-17-29(38)35(28)22-12-8-20(9-13-22)34(21-10-14-23(15-11-21)36-30(39)18-19-31(36)40)26-6-2-1-4-24(26)32-25(33(41)42)5-3-7-27(32)34/h1-19H,(H,41,42). The zero-order valence-electron chi connectivity index (χ0n) is 21.9. The smallest absolute Gasteiger partial charge is 0.336 e. The molecule has 0 unspecified atom stereocenters. The van der Waals surface area contributed by atoms with Crippen LogP contribution in [0.25, 0.3) is 11.1 Å². The maximum absolute atomic E-state index is 12.4. The topological polar surface area (TPSA) is 112 Å². The number of amides is 4. The van der Waals surface area contributed by atoms with Crippen molar-refractivity contribution in [2.24, 2.45) is 0 Å². The quantitative estimate of drug-likeness (QED) is 0.319. The molecule has 7 rings (SSSR count). The number of nitrogens with zero attached hydrogens (tertiary/aromatic N) is 2. The summed E-state index contributed by atoms with van der Waals surface area (Å²) >= 11 is 0. The third-order valence-corrected chi connectivity index (χ3v) is 8.03. The molecule has 4 amide bonds. The Morgan fingerprint density at radius 1 is 0.548 bits per heavy atom. The third kappa shape index (κ3) is 3.38. The van der Waals surface area contributed by atoms with E-state index in [4.69, 9.17) is 0 Å². The van der Waals surface area contributed by atoms with E-state index in [1.165, 1.54) is 24.3 Å². The van der Waals surface area contributed by atoms with Crippen LogP contribution in [0.5, 0.6) is 0 Å². The van der Waals surface area contributed by atoms with E-state index in [9.17, 15) is 29.1 Å². The van der Waals surface area contributed by atoms with E-state index in [1.807, 2.05) is 54.6 Å². The van der Waals surface area contributed by atoms with Gasteiger partial charge in [0.2, 0.25) is 0 Å². The lowest BCUT2D eigenvalue weighted by molar-refractivity contribution is -0.121. The highest BCUT2D eigenvalue weighted by atomic mass is 16.4. The SMILES string of the molecule is O=C(O)c1cccc2c1-c1ccccc1C2(c1ccc(N2C(=O)C=CC2=O)cc1)c1ccc(N2C(=O)C=CC2=O)cc1. The molecule has 0 saturated heterocycles. The highest BCUT2D eigenvalue weighted by Gasteiger charge is 2.47. The third-order valence-electron chi connectivity index (χ3n) is 8.03. The predicted octanol–water partition coefficient (Wildman–Crippen LogP) is 4.61. The maximum Gasteiger partial charge on any atom is 0.336 e. The minimum absolute atomic E-state index is 0.161. The number of hydrogen-bond acceptors (Lipinski definition) is 5. The lowest BCUT2D eigenvalue weighted by Crippen LogP contribution is -2.31. The van der Waals surface area contributed by atoms with Gasteiger partial charge in [-0.3, -0.25) is 19.2 Å². The molecule has 1 N–H and O–H groups in total. The van der Waals surface area contributed by atoms with E-state index < -0.39 is 35.0 Å². The Balaban J connectivity index is 1.48. The number of carbonyl (C=O) groups excluding carboxylic acids is 4. The Morgan fingerprint density at radius 2 is 1.00 bits per heavy atom. The number of carboxylic acids is 1. The van der Waals surface area contributed by atoms with Crippen LogP contribution < -0.4 is 9.80 Å². The second-order valence-corrected chi connectivity index (χ2v) is 10.1. The summed E-state index contributed by atoms with van der Waals surface area (Å²) in [5, 5.41) is 10.2. The van der Waals surface area contributed by atoms with Crippen molar-refractivity contribution in [1.29, 1.82) is 0 Å². The summed E-state index contributed by atoms with van der Waals surface area (Å²) in [5.74, 6) is -2.77. The molecule has 202 valence electrons. The predicted molar refractivity (Wildman–Crippen MR) is 154 cm³/mol. The van der Waals surface area contributed by atoms with Gasteiger partial charge in [-0.25, -0.2) is 14.6 Å². The molecule has 0 spiro atoms. The minimum atomic E-state index is -1.06. The molecule has 1 aliphatic carbocycles. The van der Waals surface area contributed by atoms with Crippen molar-refractivity contribution < 1.29 is 29.1 Å². The Morgan fingerprint density at radius 3 is 1.48 bits per heavy atom. The fourth-order valence-corrected chi connectivity index (χ4v) is 6.33. The number of carbonyl (C=O) groups is 5. The van der Waals surface area contributed by atoms with Gasteiger partial charge < -0.3 is 5.11 Å². The summed E-state index contributed by atoms with van der Waals surface area (Å²) in [6.45, 7) is 0. The fraction of sp³-hybridized carbons (Fsp3) is 0.0294. The van der Waals surface area contributed by atoms with E-state index in [0.717, 1.165) is 37.6 Å². The van der Waals surface area contributed by atoms with Crippen LogP contribution in [0.2, 0.25) is 0 Å². The van der Waals surface area contributed by atoms with Gasteiger partial charge in [-0.2, -0.15) is 0 Å². The van der Waals surface area contributed by atoms with Gasteiger partial charge in [0.05, 0.1) is 22.4 Å². The molecule has 0 radical (unpaired) electrons. The van der Waals surface area contributed by atoms with Crippen LogP contribution in [-0.2, 0) is 24.6 Å². The summed E-state index contributed by atoms with van der Waals surface area (Å²) in [6, 6.07) is 26.9. The molecule has 4 aromatic rings. The lowest BCUT2D eigenvalue weighted by atomic mass is 9.67. The van der Waals surface area contributed by atoms with Gasteiger partial charge in [-0.1, -0.05) is 60.7 Å². The minimum Gasteiger partial charge on any atom is -0.478 e. The summed E-state index contributed by atoms with van der Waals surface area (Å²) in [7, 11) is 0. The number of fused-ring (bicyclic) bond motifs is 3. The molecule has 3 aliphatic rings. The summed E-state index contributed by atoms with van der Waals surface area (Å²) in [4.78, 5) is 63.9. The normalized spacial score (nSPS) is 16.4. The number of anilines is 2. The lowest BCUT2D eigenvalue weighted by Gasteiger charge is -2.34. The van der Waals surface area contributed by atoms with Crippen molar-refractivity contribution in [2.45, 2.75) is 5.41 Å². The van der Waals surface area contributed by atoms with Crippen LogP contribution in [0.1, 0.15) is 32.6 Å². The first kappa shape index (κ1) is 25.1. The van der Waals surface area contributed by atoms with Gasteiger partial charge in [0.15, 0.2) is 0 Å². The number of carboxylic acid groups (broad SMARTS) is 1. The number of aromatic carboxylic acids is 1. The van der Waals surface area contributed by atoms with Crippen LogP contribution in [0.3, 0.4) is 0 Å². The van der Waals surface area contributed by atoms with Crippen molar-refractivity contribution in [3.63, 3.8) is 0 Å². The van der Waals surface area contributed by atoms with E-state index in [1.54, 1.807) is 36.4 Å². The van der Waals surface area contributed by atoms with Crippen LogP contribution in [-0.4, -0.2) is 34.7 Å².